The van der Waals surface area contributed by atoms with Crippen molar-refractivity contribution < 1.29 is 13.2 Å². The lowest BCUT2D eigenvalue weighted by Crippen LogP contribution is -2.40. The first-order chi connectivity index (χ1) is 13.9. The van der Waals surface area contributed by atoms with E-state index >= 15 is 0 Å². The molecule has 1 aromatic carbocycles. The molecule has 1 fully saturated rings. The number of nitrogens with zero attached hydrogens (tertiary/aromatic N) is 5. The van der Waals surface area contributed by atoms with Gasteiger partial charge in [0.1, 0.15) is 5.82 Å². The topological polar surface area (TPSA) is 78.9 Å². The van der Waals surface area contributed by atoms with Gasteiger partial charge in [0.15, 0.2) is 0 Å². The molecule has 0 spiro atoms. The van der Waals surface area contributed by atoms with Gasteiger partial charge in [0.05, 0.1) is 23.8 Å². The molecule has 4 rings (SSSR count). The zero-order chi connectivity index (χ0) is 20.6. The Balaban J connectivity index is 1.68. The number of rotatable bonds is 4. The lowest BCUT2D eigenvalue weighted by Gasteiger charge is -2.33. The SMILES string of the molecule is Cc1cccc(S(=O)(=O)N2CCc3nc(N4CCOCC4)nc(N(C)C)c3C2)c1. The summed E-state index contributed by atoms with van der Waals surface area (Å²) in [5.74, 6) is 1.48. The van der Waals surface area contributed by atoms with Crippen LogP contribution in [0.4, 0.5) is 11.8 Å². The van der Waals surface area contributed by atoms with Crippen LogP contribution in [0.3, 0.4) is 0 Å². The van der Waals surface area contributed by atoms with E-state index in [1.54, 1.807) is 18.2 Å². The second-order valence-electron chi connectivity index (χ2n) is 7.67. The van der Waals surface area contributed by atoms with Crippen LogP contribution in [0.1, 0.15) is 16.8 Å². The van der Waals surface area contributed by atoms with Crippen LogP contribution >= 0.6 is 0 Å². The fraction of sp³-hybridized carbons (Fsp3) is 0.500. The summed E-state index contributed by atoms with van der Waals surface area (Å²) >= 11 is 0. The Morgan fingerprint density at radius 2 is 1.86 bits per heavy atom. The van der Waals surface area contributed by atoms with Crippen molar-refractivity contribution in [3.63, 3.8) is 0 Å². The first-order valence-corrected chi connectivity index (χ1v) is 11.3. The van der Waals surface area contributed by atoms with E-state index in [9.17, 15) is 8.42 Å². The van der Waals surface area contributed by atoms with Crippen molar-refractivity contribution in [2.45, 2.75) is 24.8 Å². The van der Waals surface area contributed by atoms with E-state index in [0.29, 0.717) is 37.0 Å². The molecule has 1 aromatic heterocycles. The van der Waals surface area contributed by atoms with Gasteiger partial charge in [-0.1, -0.05) is 12.1 Å². The lowest BCUT2D eigenvalue weighted by atomic mass is 10.1. The van der Waals surface area contributed by atoms with Gasteiger partial charge in [0.2, 0.25) is 16.0 Å². The lowest BCUT2D eigenvalue weighted by molar-refractivity contribution is 0.122. The number of fused-ring (bicyclic) bond motifs is 1. The van der Waals surface area contributed by atoms with Crippen molar-refractivity contribution in [1.29, 1.82) is 0 Å². The summed E-state index contributed by atoms with van der Waals surface area (Å²) in [6, 6.07) is 7.05. The first kappa shape index (κ1) is 20.1. The van der Waals surface area contributed by atoms with E-state index in [-0.39, 0.29) is 6.54 Å². The average molecular weight is 418 g/mol. The predicted molar refractivity (Wildman–Crippen MR) is 112 cm³/mol. The molecule has 2 aliphatic rings. The van der Waals surface area contributed by atoms with Gasteiger partial charge in [-0.3, -0.25) is 0 Å². The molecule has 9 heteroatoms. The molecule has 1 saturated heterocycles. The number of benzene rings is 1. The highest BCUT2D eigenvalue weighted by molar-refractivity contribution is 7.89. The maximum atomic E-state index is 13.2. The van der Waals surface area contributed by atoms with Crippen LogP contribution in [0.25, 0.3) is 0 Å². The highest BCUT2D eigenvalue weighted by Crippen LogP contribution is 2.31. The van der Waals surface area contributed by atoms with E-state index in [0.717, 1.165) is 35.7 Å². The molecule has 2 aromatic rings. The van der Waals surface area contributed by atoms with Crippen LogP contribution in [-0.4, -0.2) is 69.6 Å². The molecule has 29 heavy (non-hydrogen) atoms. The van der Waals surface area contributed by atoms with Crippen molar-refractivity contribution in [1.82, 2.24) is 14.3 Å². The summed E-state index contributed by atoms with van der Waals surface area (Å²) in [5.41, 5.74) is 2.74. The zero-order valence-corrected chi connectivity index (χ0v) is 17.9. The molecule has 0 aliphatic carbocycles. The van der Waals surface area contributed by atoms with Gasteiger partial charge in [-0.05, 0) is 24.6 Å². The normalized spacial score (nSPS) is 17.8. The van der Waals surface area contributed by atoms with Crippen molar-refractivity contribution in [3.8, 4) is 0 Å². The molecule has 0 saturated carbocycles. The summed E-state index contributed by atoms with van der Waals surface area (Å²) in [6.07, 6.45) is 0.571. The van der Waals surface area contributed by atoms with Crippen molar-refractivity contribution in [2.24, 2.45) is 0 Å². The predicted octanol–water partition coefficient (Wildman–Crippen LogP) is 1.43. The van der Waals surface area contributed by atoms with Gasteiger partial charge in [0, 0.05) is 52.3 Å². The highest BCUT2D eigenvalue weighted by Gasteiger charge is 2.32. The minimum atomic E-state index is -3.57. The third-order valence-corrected chi connectivity index (χ3v) is 7.18. The van der Waals surface area contributed by atoms with Crippen molar-refractivity contribution in [3.05, 3.63) is 41.1 Å². The number of hydrogen-bond acceptors (Lipinski definition) is 7. The number of anilines is 2. The number of hydrogen-bond donors (Lipinski definition) is 0. The minimum Gasteiger partial charge on any atom is -0.378 e. The summed E-state index contributed by atoms with van der Waals surface area (Å²) in [5, 5.41) is 0. The van der Waals surface area contributed by atoms with Crippen LogP contribution in [0.5, 0.6) is 0 Å². The number of sulfonamides is 1. The first-order valence-electron chi connectivity index (χ1n) is 9.83. The van der Waals surface area contributed by atoms with Crippen LogP contribution in [0.2, 0.25) is 0 Å². The van der Waals surface area contributed by atoms with Gasteiger partial charge < -0.3 is 14.5 Å². The second-order valence-corrected chi connectivity index (χ2v) is 9.61. The number of aryl methyl sites for hydroxylation is 1. The van der Waals surface area contributed by atoms with Gasteiger partial charge in [-0.15, -0.1) is 0 Å². The van der Waals surface area contributed by atoms with Gasteiger partial charge in [-0.2, -0.15) is 9.29 Å². The van der Waals surface area contributed by atoms with Crippen molar-refractivity contribution >= 4 is 21.8 Å². The molecule has 0 amide bonds. The Kier molecular flexibility index (Phi) is 5.46. The van der Waals surface area contributed by atoms with Crippen molar-refractivity contribution in [2.75, 3.05) is 56.7 Å². The number of aromatic nitrogens is 2. The number of ether oxygens (including phenoxy) is 1. The minimum absolute atomic E-state index is 0.280. The molecule has 3 heterocycles. The maximum absolute atomic E-state index is 13.2. The molecule has 8 nitrogen and oxygen atoms in total. The molecule has 0 atom stereocenters. The van der Waals surface area contributed by atoms with Gasteiger partial charge >= 0.3 is 0 Å². The molecule has 0 unspecified atom stereocenters. The standard InChI is InChI=1S/C20H27N5O3S/c1-15-5-4-6-16(13-15)29(26,27)25-8-7-18-17(14-25)19(23(2)3)22-20(21-18)24-9-11-28-12-10-24/h4-6,13H,7-12,14H2,1-3H3. The monoisotopic (exact) mass is 417 g/mol. The Bertz CT molecular complexity index is 1000. The third kappa shape index (κ3) is 3.94. The van der Waals surface area contributed by atoms with Crippen LogP contribution in [0, 0.1) is 6.92 Å². The van der Waals surface area contributed by atoms with E-state index in [4.69, 9.17) is 14.7 Å². The van der Waals surface area contributed by atoms with Crippen LogP contribution in [0.15, 0.2) is 29.2 Å². The number of morpholine rings is 1. The molecular formula is C20H27N5O3S. The molecule has 156 valence electrons. The molecule has 0 N–H and O–H groups in total. The molecule has 0 bridgehead atoms. The quantitative estimate of drug-likeness (QED) is 0.745. The Labute approximate surface area is 172 Å². The summed E-state index contributed by atoms with van der Waals surface area (Å²) in [6.45, 7) is 5.45. The second kappa shape index (κ2) is 7.89. The van der Waals surface area contributed by atoms with E-state index in [1.807, 2.05) is 32.0 Å². The zero-order valence-electron chi connectivity index (χ0n) is 17.1. The Morgan fingerprint density at radius 1 is 1.10 bits per heavy atom. The summed E-state index contributed by atoms with van der Waals surface area (Å²) in [4.78, 5) is 14.0. The van der Waals surface area contributed by atoms with Crippen LogP contribution in [-0.2, 0) is 27.7 Å². The maximum Gasteiger partial charge on any atom is 0.243 e. The Hall–Kier alpha value is -2.23. The van der Waals surface area contributed by atoms with Gasteiger partial charge in [-0.25, -0.2) is 13.4 Å². The third-order valence-electron chi connectivity index (χ3n) is 5.34. The van der Waals surface area contributed by atoms with Crippen LogP contribution < -0.4 is 9.80 Å². The summed E-state index contributed by atoms with van der Waals surface area (Å²) in [7, 11) is 0.293. The Morgan fingerprint density at radius 3 is 2.55 bits per heavy atom. The summed E-state index contributed by atoms with van der Waals surface area (Å²) < 4.78 is 33.4. The van der Waals surface area contributed by atoms with Gasteiger partial charge in [0.25, 0.3) is 0 Å². The molecular weight excluding hydrogens is 390 g/mol. The fourth-order valence-electron chi connectivity index (χ4n) is 3.76. The largest absolute Gasteiger partial charge is 0.378 e. The smallest absolute Gasteiger partial charge is 0.243 e. The molecule has 0 radical (unpaired) electrons. The van der Waals surface area contributed by atoms with E-state index < -0.39 is 10.0 Å². The highest BCUT2D eigenvalue weighted by atomic mass is 32.2. The van der Waals surface area contributed by atoms with E-state index in [2.05, 4.69) is 4.90 Å². The average Bonchev–Trinajstić information content (AvgIpc) is 2.73. The fourth-order valence-corrected chi connectivity index (χ4v) is 5.28. The van der Waals surface area contributed by atoms with E-state index in [1.165, 1.54) is 4.31 Å². The molecule has 2 aliphatic heterocycles.